The van der Waals surface area contributed by atoms with E-state index in [0.717, 1.165) is 32.2 Å². The van der Waals surface area contributed by atoms with E-state index in [2.05, 4.69) is 24.5 Å². The van der Waals surface area contributed by atoms with Gasteiger partial charge in [-0.05, 0) is 31.8 Å². The van der Waals surface area contributed by atoms with Gasteiger partial charge in [0.1, 0.15) is 0 Å². The first kappa shape index (κ1) is 15.9. The zero-order valence-corrected chi connectivity index (χ0v) is 12.3. The van der Waals surface area contributed by atoms with Gasteiger partial charge in [0.15, 0.2) is 0 Å². The van der Waals surface area contributed by atoms with Crippen molar-refractivity contribution in [3.8, 4) is 0 Å². The summed E-state index contributed by atoms with van der Waals surface area (Å²) in [5.74, 6) is 0.869. The number of unbranched alkanes of at least 4 members (excludes halogenated alkanes) is 3. The Labute approximate surface area is 113 Å². The lowest BCUT2D eigenvalue weighted by atomic mass is 10.0. The standard InChI is InChI=1S/C15H32N2O/c1-14(2)7-5-3-4-6-9-16-10-8-15-13-18-12-11-17-15/h14-17H,3-13H2,1-2H3. The van der Waals surface area contributed by atoms with Crippen molar-refractivity contribution < 1.29 is 4.74 Å². The van der Waals surface area contributed by atoms with E-state index >= 15 is 0 Å². The Morgan fingerprint density at radius 3 is 2.72 bits per heavy atom. The van der Waals surface area contributed by atoms with Gasteiger partial charge in [0.25, 0.3) is 0 Å². The molecule has 2 N–H and O–H groups in total. The normalized spacial score (nSPS) is 20.5. The van der Waals surface area contributed by atoms with Crippen LogP contribution in [0.5, 0.6) is 0 Å². The van der Waals surface area contributed by atoms with Gasteiger partial charge in [-0.25, -0.2) is 0 Å². The fraction of sp³-hybridized carbons (Fsp3) is 1.00. The molecule has 1 fully saturated rings. The zero-order valence-electron chi connectivity index (χ0n) is 12.3. The van der Waals surface area contributed by atoms with Crippen LogP contribution in [0.15, 0.2) is 0 Å². The lowest BCUT2D eigenvalue weighted by Crippen LogP contribution is -2.42. The fourth-order valence-electron chi connectivity index (χ4n) is 2.36. The van der Waals surface area contributed by atoms with E-state index in [1.807, 2.05) is 0 Å². The van der Waals surface area contributed by atoms with Crippen molar-refractivity contribution in [2.75, 3.05) is 32.8 Å². The van der Waals surface area contributed by atoms with E-state index in [1.165, 1.54) is 45.1 Å². The van der Waals surface area contributed by atoms with Gasteiger partial charge >= 0.3 is 0 Å². The molecule has 1 saturated heterocycles. The highest BCUT2D eigenvalue weighted by molar-refractivity contribution is 4.70. The van der Waals surface area contributed by atoms with Crippen molar-refractivity contribution in [1.82, 2.24) is 10.6 Å². The first-order chi connectivity index (χ1) is 8.79. The predicted octanol–water partition coefficient (Wildman–Crippen LogP) is 2.56. The molecule has 3 nitrogen and oxygen atoms in total. The quantitative estimate of drug-likeness (QED) is 0.589. The van der Waals surface area contributed by atoms with Crippen molar-refractivity contribution in [1.29, 1.82) is 0 Å². The SMILES string of the molecule is CC(C)CCCCCCNCCC1COCCN1. The van der Waals surface area contributed by atoms with Gasteiger partial charge in [0, 0.05) is 12.6 Å². The molecule has 0 amide bonds. The predicted molar refractivity (Wildman–Crippen MR) is 78.0 cm³/mol. The highest BCUT2D eigenvalue weighted by Crippen LogP contribution is 2.08. The summed E-state index contributed by atoms with van der Waals surface area (Å²) in [5, 5.41) is 7.02. The van der Waals surface area contributed by atoms with E-state index in [0.29, 0.717) is 6.04 Å². The van der Waals surface area contributed by atoms with Gasteiger partial charge in [-0.2, -0.15) is 0 Å². The summed E-state index contributed by atoms with van der Waals surface area (Å²) in [6.07, 6.45) is 8.09. The summed E-state index contributed by atoms with van der Waals surface area (Å²) >= 11 is 0. The second-order valence-corrected chi connectivity index (χ2v) is 5.86. The second-order valence-electron chi connectivity index (χ2n) is 5.86. The minimum atomic E-state index is 0.567. The molecule has 1 aliphatic rings. The number of hydrogen-bond acceptors (Lipinski definition) is 3. The van der Waals surface area contributed by atoms with E-state index in [1.54, 1.807) is 0 Å². The maximum atomic E-state index is 5.43. The molecule has 0 radical (unpaired) electrons. The molecule has 1 rings (SSSR count). The van der Waals surface area contributed by atoms with Crippen molar-refractivity contribution in [2.24, 2.45) is 5.92 Å². The minimum absolute atomic E-state index is 0.567. The van der Waals surface area contributed by atoms with Crippen molar-refractivity contribution in [2.45, 2.75) is 58.4 Å². The lowest BCUT2D eigenvalue weighted by Gasteiger charge is -2.23. The second kappa shape index (κ2) is 10.8. The molecule has 0 spiro atoms. The Bertz CT molecular complexity index is 179. The van der Waals surface area contributed by atoms with Gasteiger partial charge in [-0.15, -0.1) is 0 Å². The summed E-state index contributed by atoms with van der Waals surface area (Å²) in [6, 6.07) is 0.567. The molecule has 0 aliphatic carbocycles. The Balaban J connectivity index is 1.75. The highest BCUT2D eigenvalue weighted by atomic mass is 16.5. The number of morpholine rings is 1. The smallest absolute Gasteiger partial charge is 0.0620 e. The minimum Gasteiger partial charge on any atom is -0.379 e. The number of ether oxygens (including phenoxy) is 1. The van der Waals surface area contributed by atoms with Crippen molar-refractivity contribution in [3.63, 3.8) is 0 Å². The third-order valence-corrected chi connectivity index (χ3v) is 3.55. The Morgan fingerprint density at radius 1 is 1.17 bits per heavy atom. The first-order valence-corrected chi connectivity index (χ1v) is 7.81. The Kier molecular flexibility index (Phi) is 9.54. The number of rotatable bonds is 10. The molecular formula is C15H32N2O. The van der Waals surface area contributed by atoms with Crippen LogP contribution in [0.1, 0.15) is 52.4 Å². The molecule has 108 valence electrons. The molecule has 1 unspecified atom stereocenters. The van der Waals surface area contributed by atoms with Crippen LogP contribution in [-0.4, -0.2) is 38.9 Å². The summed E-state index contributed by atoms with van der Waals surface area (Å²) < 4.78 is 5.43. The maximum absolute atomic E-state index is 5.43. The Hall–Kier alpha value is -0.120. The third-order valence-electron chi connectivity index (χ3n) is 3.55. The average Bonchev–Trinajstić information content (AvgIpc) is 2.37. The van der Waals surface area contributed by atoms with E-state index in [9.17, 15) is 0 Å². The fourth-order valence-corrected chi connectivity index (χ4v) is 2.36. The molecule has 1 heterocycles. The van der Waals surface area contributed by atoms with Crippen LogP contribution in [0.3, 0.4) is 0 Å². The van der Waals surface area contributed by atoms with Crippen molar-refractivity contribution >= 4 is 0 Å². The summed E-state index contributed by atoms with van der Waals surface area (Å²) in [6.45, 7) is 9.69. The summed E-state index contributed by atoms with van der Waals surface area (Å²) in [7, 11) is 0. The zero-order chi connectivity index (χ0) is 13.1. The largest absolute Gasteiger partial charge is 0.379 e. The molecule has 3 heteroatoms. The van der Waals surface area contributed by atoms with Crippen LogP contribution in [0.2, 0.25) is 0 Å². The lowest BCUT2D eigenvalue weighted by molar-refractivity contribution is 0.0743. The molecular weight excluding hydrogens is 224 g/mol. The van der Waals surface area contributed by atoms with Crippen molar-refractivity contribution in [3.05, 3.63) is 0 Å². The number of nitrogens with one attached hydrogen (secondary N) is 2. The van der Waals surface area contributed by atoms with Gasteiger partial charge < -0.3 is 15.4 Å². The summed E-state index contributed by atoms with van der Waals surface area (Å²) in [5.41, 5.74) is 0. The molecule has 0 aromatic carbocycles. The molecule has 1 aliphatic heterocycles. The molecule has 1 atom stereocenters. The van der Waals surface area contributed by atoms with Crippen LogP contribution >= 0.6 is 0 Å². The monoisotopic (exact) mass is 256 g/mol. The number of hydrogen-bond donors (Lipinski definition) is 2. The van der Waals surface area contributed by atoms with Crippen LogP contribution in [0.25, 0.3) is 0 Å². The van der Waals surface area contributed by atoms with Gasteiger partial charge in [-0.1, -0.05) is 39.5 Å². The van der Waals surface area contributed by atoms with Crippen LogP contribution < -0.4 is 10.6 Å². The molecule has 0 aromatic heterocycles. The van der Waals surface area contributed by atoms with E-state index in [-0.39, 0.29) is 0 Å². The maximum Gasteiger partial charge on any atom is 0.0620 e. The van der Waals surface area contributed by atoms with Gasteiger partial charge in [0.2, 0.25) is 0 Å². The first-order valence-electron chi connectivity index (χ1n) is 7.81. The van der Waals surface area contributed by atoms with E-state index < -0.39 is 0 Å². The summed E-state index contributed by atoms with van der Waals surface area (Å²) in [4.78, 5) is 0. The molecule has 0 saturated carbocycles. The van der Waals surface area contributed by atoms with E-state index in [4.69, 9.17) is 4.74 Å². The van der Waals surface area contributed by atoms with Crippen LogP contribution in [0, 0.1) is 5.92 Å². The third kappa shape index (κ3) is 8.90. The van der Waals surface area contributed by atoms with Gasteiger partial charge in [-0.3, -0.25) is 0 Å². The van der Waals surface area contributed by atoms with Gasteiger partial charge in [0.05, 0.1) is 13.2 Å². The van der Waals surface area contributed by atoms with Crippen LogP contribution in [0.4, 0.5) is 0 Å². The van der Waals surface area contributed by atoms with Crippen LogP contribution in [-0.2, 0) is 4.74 Å². The average molecular weight is 256 g/mol. The molecule has 18 heavy (non-hydrogen) atoms. The highest BCUT2D eigenvalue weighted by Gasteiger charge is 2.11. The molecule has 0 bridgehead atoms. The molecule has 0 aromatic rings. The Morgan fingerprint density at radius 2 is 2.00 bits per heavy atom. The topological polar surface area (TPSA) is 33.3 Å².